The molecule has 0 bridgehead atoms. The summed E-state index contributed by atoms with van der Waals surface area (Å²) < 4.78 is 5.32. The van der Waals surface area contributed by atoms with E-state index in [1.165, 1.54) is 11.8 Å². The highest BCUT2D eigenvalue weighted by Gasteiger charge is 2.22. The van der Waals surface area contributed by atoms with Gasteiger partial charge in [0.05, 0.1) is 22.3 Å². The van der Waals surface area contributed by atoms with Gasteiger partial charge in [0.25, 0.3) is 5.56 Å². The fraction of sp³-hybridized carbons (Fsp3) is 0.409. The van der Waals surface area contributed by atoms with Gasteiger partial charge in [-0.1, -0.05) is 37.2 Å². The molecule has 0 radical (unpaired) electrons. The van der Waals surface area contributed by atoms with Crippen molar-refractivity contribution in [2.24, 2.45) is 0 Å². The van der Waals surface area contributed by atoms with Gasteiger partial charge in [0.15, 0.2) is 5.16 Å². The Hall–Kier alpha value is -3.14. The van der Waals surface area contributed by atoms with Gasteiger partial charge in [-0.3, -0.25) is 18.6 Å². The van der Waals surface area contributed by atoms with Crippen LogP contribution in [0.25, 0.3) is 16.7 Å². The van der Waals surface area contributed by atoms with Crippen LogP contribution in [0, 0.1) is 0 Å². The lowest BCUT2D eigenvalue weighted by Gasteiger charge is -2.15. The quantitative estimate of drug-likeness (QED) is 0.408. The number of aryl methyl sites for hydroxylation is 1. The van der Waals surface area contributed by atoms with E-state index in [0.29, 0.717) is 28.7 Å². The van der Waals surface area contributed by atoms with Crippen LogP contribution in [0.2, 0.25) is 0 Å². The van der Waals surface area contributed by atoms with Gasteiger partial charge >= 0.3 is 0 Å². The van der Waals surface area contributed by atoms with E-state index in [-0.39, 0.29) is 17.5 Å². The van der Waals surface area contributed by atoms with Crippen LogP contribution < -0.4 is 10.9 Å². The van der Waals surface area contributed by atoms with Gasteiger partial charge in [-0.05, 0) is 39.3 Å². The monoisotopic (exact) mass is 453 g/mol. The number of nitrogens with one attached hydrogen (secondary N) is 1. The predicted octanol–water partition coefficient (Wildman–Crippen LogP) is 3.74. The van der Waals surface area contributed by atoms with E-state index in [4.69, 9.17) is 0 Å². The number of thioether (sulfide) groups is 1. The Morgan fingerprint density at radius 1 is 1.16 bits per heavy atom. The second-order valence-electron chi connectivity index (χ2n) is 7.95. The third-order valence-electron chi connectivity index (χ3n) is 5.28. The number of fused-ring (bicyclic) bond motifs is 3. The van der Waals surface area contributed by atoms with Crippen molar-refractivity contribution < 1.29 is 4.79 Å². The number of benzene rings is 1. The zero-order chi connectivity index (χ0) is 22.8. The van der Waals surface area contributed by atoms with Crippen LogP contribution in [0.5, 0.6) is 0 Å². The number of carbonyl (C=O) groups is 1. The Balaban J connectivity index is 1.69. The van der Waals surface area contributed by atoms with Crippen LogP contribution in [-0.2, 0) is 11.3 Å². The molecule has 4 aromatic rings. The van der Waals surface area contributed by atoms with E-state index < -0.39 is 5.25 Å². The number of aromatic nitrogens is 6. The fourth-order valence-corrected chi connectivity index (χ4v) is 4.45. The third-order valence-corrected chi connectivity index (χ3v) is 6.32. The first-order valence-electron chi connectivity index (χ1n) is 10.8. The first kappa shape index (κ1) is 22.1. The van der Waals surface area contributed by atoms with Gasteiger partial charge in [0.1, 0.15) is 5.82 Å². The molecule has 9 nitrogen and oxygen atoms in total. The van der Waals surface area contributed by atoms with Gasteiger partial charge in [-0.2, -0.15) is 5.10 Å². The Morgan fingerprint density at radius 2 is 1.94 bits per heavy atom. The van der Waals surface area contributed by atoms with Crippen LogP contribution >= 0.6 is 11.8 Å². The Labute approximate surface area is 189 Å². The summed E-state index contributed by atoms with van der Waals surface area (Å²) in [5.41, 5.74) is 0.663. The molecular weight excluding hydrogens is 426 g/mol. The molecule has 1 amide bonds. The highest BCUT2D eigenvalue weighted by molar-refractivity contribution is 8.00. The van der Waals surface area contributed by atoms with Crippen LogP contribution in [0.4, 0.5) is 5.82 Å². The van der Waals surface area contributed by atoms with E-state index in [1.54, 1.807) is 21.5 Å². The van der Waals surface area contributed by atoms with Crippen LogP contribution in [-0.4, -0.2) is 40.1 Å². The molecule has 0 aliphatic heterocycles. The van der Waals surface area contributed by atoms with E-state index in [2.05, 4.69) is 27.5 Å². The lowest BCUT2D eigenvalue weighted by atomic mass is 10.2. The average molecular weight is 454 g/mol. The summed E-state index contributed by atoms with van der Waals surface area (Å²) in [7, 11) is 0. The molecule has 0 spiro atoms. The number of nitrogens with zero attached hydrogens (tertiary/aromatic N) is 6. The number of unbranched alkanes of at least 4 members (excludes halogenated alkanes) is 1. The second kappa shape index (κ2) is 9.15. The highest BCUT2D eigenvalue weighted by atomic mass is 32.2. The van der Waals surface area contributed by atoms with Gasteiger partial charge in [0.2, 0.25) is 11.7 Å². The van der Waals surface area contributed by atoms with E-state index >= 15 is 0 Å². The number of carbonyl (C=O) groups excluding carboxylic acids is 1. The SMILES string of the molecule is CCCCn1c(=O)c2ccccc2n2c(SC(C)C(=O)Nc3ccnn3C(C)C)nnc12. The van der Waals surface area contributed by atoms with Crippen molar-refractivity contribution in [2.75, 3.05) is 5.32 Å². The van der Waals surface area contributed by atoms with Crippen molar-refractivity contribution in [1.29, 1.82) is 0 Å². The Bertz CT molecular complexity index is 1320. The first-order chi connectivity index (χ1) is 15.4. The maximum atomic E-state index is 13.1. The lowest BCUT2D eigenvalue weighted by molar-refractivity contribution is -0.115. The summed E-state index contributed by atoms with van der Waals surface area (Å²) in [6.07, 6.45) is 3.50. The van der Waals surface area contributed by atoms with Crippen molar-refractivity contribution in [1.82, 2.24) is 28.9 Å². The average Bonchev–Trinajstić information content (AvgIpc) is 3.41. The van der Waals surface area contributed by atoms with Crippen molar-refractivity contribution in [3.8, 4) is 0 Å². The Kier molecular flexibility index (Phi) is 6.31. The minimum Gasteiger partial charge on any atom is -0.310 e. The summed E-state index contributed by atoms with van der Waals surface area (Å²) in [6, 6.07) is 9.35. The van der Waals surface area contributed by atoms with Crippen molar-refractivity contribution >= 4 is 40.2 Å². The van der Waals surface area contributed by atoms with E-state index in [1.807, 2.05) is 49.4 Å². The summed E-state index contributed by atoms with van der Waals surface area (Å²) in [4.78, 5) is 25.9. The topological polar surface area (TPSA) is 99.1 Å². The number of rotatable bonds is 8. The second-order valence-corrected chi connectivity index (χ2v) is 9.26. The van der Waals surface area contributed by atoms with Crippen LogP contribution in [0.1, 0.15) is 46.6 Å². The molecule has 1 unspecified atom stereocenters. The molecule has 168 valence electrons. The van der Waals surface area contributed by atoms with Crippen molar-refractivity contribution in [3.63, 3.8) is 0 Å². The highest BCUT2D eigenvalue weighted by Crippen LogP contribution is 2.26. The smallest absolute Gasteiger partial charge is 0.262 e. The number of hydrogen-bond donors (Lipinski definition) is 1. The minimum absolute atomic E-state index is 0.0711. The summed E-state index contributed by atoms with van der Waals surface area (Å²) in [5, 5.41) is 16.6. The van der Waals surface area contributed by atoms with Crippen LogP contribution in [0.15, 0.2) is 46.5 Å². The van der Waals surface area contributed by atoms with Crippen molar-refractivity contribution in [3.05, 3.63) is 46.9 Å². The number of amides is 1. The number of hydrogen-bond acceptors (Lipinski definition) is 6. The molecule has 0 aliphatic rings. The van der Waals surface area contributed by atoms with Crippen LogP contribution in [0.3, 0.4) is 0 Å². The molecule has 1 aromatic carbocycles. The predicted molar refractivity (Wildman–Crippen MR) is 126 cm³/mol. The van der Waals surface area contributed by atoms with Gasteiger partial charge in [-0.25, -0.2) is 4.68 Å². The summed E-state index contributed by atoms with van der Waals surface area (Å²) in [6.45, 7) is 8.49. The molecule has 3 heterocycles. The maximum absolute atomic E-state index is 13.1. The minimum atomic E-state index is -0.437. The van der Waals surface area contributed by atoms with E-state index in [9.17, 15) is 9.59 Å². The van der Waals surface area contributed by atoms with Gasteiger partial charge in [0, 0.05) is 18.7 Å². The first-order valence-corrected chi connectivity index (χ1v) is 11.7. The molecule has 10 heteroatoms. The molecule has 1 N–H and O–H groups in total. The number of anilines is 1. The lowest BCUT2D eigenvalue weighted by Crippen LogP contribution is -2.25. The Morgan fingerprint density at radius 3 is 2.69 bits per heavy atom. The third kappa shape index (κ3) is 4.02. The molecule has 0 aliphatic carbocycles. The molecule has 1 atom stereocenters. The summed E-state index contributed by atoms with van der Waals surface area (Å²) >= 11 is 1.31. The maximum Gasteiger partial charge on any atom is 0.262 e. The van der Waals surface area contributed by atoms with E-state index in [0.717, 1.165) is 18.4 Å². The van der Waals surface area contributed by atoms with Gasteiger partial charge in [-0.15, -0.1) is 10.2 Å². The molecule has 0 fully saturated rings. The molecule has 3 aromatic heterocycles. The molecular formula is C22H27N7O2S. The molecule has 4 rings (SSSR count). The largest absolute Gasteiger partial charge is 0.310 e. The number of para-hydroxylation sites is 1. The molecule has 0 saturated carbocycles. The molecule has 32 heavy (non-hydrogen) atoms. The van der Waals surface area contributed by atoms with Gasteiger partial charge < -0.3 is 5.32 Å². The van der Waals surface area contributed by atoms with Crippen molar-refractivity contribution in [2.45, 2.75) is 63.5 Å². The zero-order valence-corrected chi connectivity index (χ0v) is 19.5. The summed E-state index contributed by atoms with van der Waals surface area (Å²) in [5.74, 6) is 0.996. The normalized spacial score (nSPS) is 12.7. The fourth-order valence-electron chi connectivity index (χ4n) is 3.59. The zero-order valence-electron chi connectivity index (χ0n) is 18.6. The molecule has 0 saturated heterocycles. The standard InChI is InChI=1S/C22H27N7O2S/c1-5-6-13-27-20(31)16-9-7-8-10-17(16)28-21(27)25-26-22(28)32-15(4)19(30)24-18-11-12-23-29(18)14(2)3/h7-12,14-15H,5-6,13H2,1-4H3,(H,24,30).